The second-order valence-corrected chi connectivity index (χ2v) is 7.78. The van der Waals surface area contributed by atoms with Crippen LogP contribution in [0.5, 0.6) is 0 Å². The van der Waals surface area contributed by atoms with E-state index < -0.39 is 15.1 Å². The summed E-state index contributed by atoms with van der Waals surface area (Å²) in [4.78, 5) is 12.1. The van der Waals surface area contributed by atoms with E-state index in [0.29, 0.717) is 5.92 Å². The van der Waals surface area contributed by atoms with Crippen LogP contribution in [-0.4, -0.2) is 31.4 Å². The molecule has 0 aliphatic heterocycles. The lowest BCUT2D eigenvalue weighted by molar-refractivity contribution is -0.121. The first-order valence-electron chi connectivity index (χ1n) is 7.01. The van der Waals surface area contributed by atoms with Gasteiger partial charge in [0, 0.05) is 6.04 Å². The fourth-order valence-electron chi connectivity index (χ4n) is 2.37. The zero-order valence-electron chi connectivity index (χ0n) is 12.1. The number of rotatable bonds is 5. The molecule has 1 fully saturated rings. The highest BCUT2D eigenvalue weighted by Crippen LogP contribution is 2.24. The third kappa shape index (κ3) is 4.64. The minimum absolute atomic E-state index is 0.0711. The predicted octanol–water partition coefficient (Wildman–Crippen LogP) is 2.06. The smallest absolute Gasteiger partial charge is 0.238 e. The van der Waals surface area contributed by atoms with Crippen LogP contribution in [0.2, 0.25) is 0 Å². The molecular formula is C14H25NO3S. The summed E-state index contributed by atoms with van der Waals surface area (Å²) in [5.41, 5.74) is 0. The van der Waals surface area contributed by atoms with Crippen LogP contribution >= 0.6 is 0 Å². The number of carbonyl (C=O) groups is 1. The van der Waals surface area contributed by atoms with E-state index in [2.05, 4.69) is 12.2 Å². The van der Waals surface area contributed by atoms with Gasteiger partial charge in [0.15, 0.2) is 9.84 Å². The molecule has 1 amide bonds. The molecule has 5 heteroatoms. The molecule has 1 aliphatic rings. The van der Waals surface area contributed by atoms with Gasteiger partial charge in [-0.25, -0.2) is 8.42 Å². The molecule has 1 rings (SSSR count). The first-order valence-corrected chi connectivity index (χ1v) is 8.73. The molecule has 4 nitrogen and oxygen atoms in total. The van der Waals surface area contributed by atoms with E-state index in [1.807, 2.05) is 0 Å². The van der Waals surface area contributed by atoms with Crippen LogP contribution in [0, 0.1) is 5.92 Å². The highest BCUT2D eigenvalue weighted by Gasteiger charge is 2.30. The summed E-state index contributed by atoms with van der Waals surface area (Å²) in [6.45, 7) is 5.36. The van der Waals surface area contributed by atoms with Crippen LogP contribution < -0.4 is 5.32 Å². The lowest BCUT2D eigenvalue weighted by Gasteiger charge is -2.30. The maximum atomic E-state index is 12.1. The average molecular weight is 287 g/mol. The Hall–Kier alpha value is -0.840. The summed E-state index contributed by atoms with van der Waals surface area (Å²) in [7, 11) is -3.39. The molecule has 0 aromatic heterocycles. The molecule has 110 valence electrons. The Labute approximate surface area is 116 Å². The van der Waals surface area contributed by atoms with Crippen molar-refractivity contribution in [2.24, 2.45) is 5.92 Å². The topological polar surface area (TPSA) is 63.2 Å². The van der Waals surface area contributed by atoms with E-state index in [4.69, 9.17) is 0 Å². The molecule has 0 radical (unpaired) electrons. The van der Waals surface area contributed by atoms with Gasteiger partial charge < -0.3 is 5.32 Å². The van der Waals surface area contributed by atoms with Gasteiger partial charge in [-0.3, -0.25) is 4.79 Å². The van der Waals surface area contributed by atoms with E-state index in [9.17, 15) is 13.2 Å². The van der Waals surface area contributed by atoms with Crippen LogP contribution in [-0.2, 0) is 14.6 Å². The van der Waals surface area contributed by atoms with Gasteiger partial charge in [0.25, 0.3) is 0 Å². The van der Waals surface area contributed by atoms with Crippen molar-refractivity contribution in [2.45, 2.75) is 57.7 Å². The second kappa shape index (κ2) is 7.08. The third-order valence-corrected chi connectivity index (χ3v) is 5.86. The minimum Gasteiger partial charge on any atom is -0.352 e. The maximum absolute atomic E-state index is 12.1. The van der Waals surface area contributed by atoms with Gasteiger partial charge in [-0.15, -0.1) is 0 Å². The van der Waals surface area contributed by atoms with Crippen molar-refractivity contribution < 1.29 is 13.2 Å². The summed E-state index contributed by atoms with van der Waals surface area (Å²) < 4.78 is 23.9. The predicted molar refractivity (Wildman–Crippen MR) is 77.6 cm³/mol. The normalized spacial score (nSPS) is 26.3. The number of amides is 1. The molecule has 19 heavy (non-hydrogen) atoms. The van der Waals surface area contributed by atoms with E-state index in [-0.39, 0.29) is 17.7 Å². The van der Waals surface area contributed by atoms with Gasteiger partial charge in [0.2, 0.25) is 5.91 Å². The van der Waals surface area contributed by atoms with Crippen molar-refractivity contribution in [3.05, 3.63) is 12.2 Å². The molecule has 0 saturated heterocycles. The number of allylic oxidation sites excluding steroid dienone is 1. The van der Waals surface area contributed by atoms with E-state index >= 15 is 0 Å². The Kier molecular flexibility index (Phi) is 6.04. The molecule has 3 atom stereocenters. The van der Waals surface area contributed by atoms with Gasteiger partial charge in [-0.1, -0.05) is 31.9 Å². The lowest BCUT2D eigenvalue weighted by atomic mass is 9.86. The van der Waals surface area contributed by atoms with Crippen molar-refractivity contribution in [3.63, 3.8) is 0 Å². The molecule has 3 unspecified atom stereocenters. The monoisotopic (exact) mass is 287 g/mol. The minimum atomic E-state index is -3.39. The van der Waals surface area contributed by atoms with Crippen LogP contribution in [0.3, 0.4) is 0 Å². The Bertz CT molecular complexity index is 428. The molecule has 1 saturated carbocycles. The summed E-state index contributed by atoms with van der Waals surface area (Å²) in [6.07, 6.45) is 7.62. The van der Waals surface area contributed by atoms with Gasteiger partial charge in [-0.2, -0.15) is 0 Å². The van der Waals surface area contributed by atoms with Crippen LogP contribution in [0.1, 0.15) is 46.5 Å². The van der Waals surface area contributed by atoms with Gasteiger partial charge >= 0.3 is 0 Å². The molecular weight excluding hydrogens is 262 g/mol. The largest absolute Gasteiger partial charge is 0.352 e. The number of carbonyl (C=O) groups excluding carboxylic acids is 1. The van der Waals surface area contributed by atoms with Crippen molar-refractivity contribution in [3.8, 4) is 0 Å². The van der Waals surface area contributed by atoms with Gasteiger partial charge in [0.1, 0.15) is 5.25 Å². The summed E-state index contributed by atoms with van der Waals surface area (Å²) >= 11 is 0. The molecule has 0 aromatic carbocycles. The number of hydrogen-bond donors (Lipinski definition) is 1. The molecule has 0 aromatic rings. The fraction of sp³-hybridized carbons (Fsp3) is 0.786. The lowest BCUT2D eigenvalue weighted by Crippen LogP contribution is -2.47. The summed E-state index contributed by atoms with van der Waals surface area (Å²) in [5, 5.41) is 1.93. The highest BCUT2D eigenvalue weighted by molar-refractivity contribution is 7.92. The maximum Gasteiger partial charge on any atom is 0.238 e. The first kappa shape index (κ1) is 16.2. The highest BCUT2D eigenvalue weighted by atomic mass is 32.2. The Morgan fingerprint density at radius 1 is 1.37 bits per heavy atom. The van der Waals surface area contributed by atoms with E-state index in [1.165, 1.54) is 13.3 Å². The van der Waals surface area contributed by atoms with Crippen molar-refractivity contribution >= 4 is 15.7 Å². The van der Waals surface area contributed by atoms with Gasteiger partial charge in [-0.05, 0) is 32.6 Å². The Morgan fingerprint density at radius 3 is 2.58 bits per heavy atom. The van der Waals surface area contributed by atoms with E-state index in [1.54, 1.807) is 19.1 Å². The number of nitrogens with one attached hydrogen (secondary N) is 1. The molecule has 1 aliphatic carbocycles. The Balaban J connectivity index is 2.61. The van der Waals surface area contributed by atoms with Crippen LogP contribution in [0.4, 0.5) is 0 Å². The summed E-state index contributed by atoms with van der Waals surface area (Å²) in [6, 6.07) is 0.126. The molecule has 1 N–H and O–H groups in total. The average Bonchev–Trinajstić information content (AvgIpc) is 2.38. The van der Waals surface area contributed by atoms with Crippen molar-refractivity contribution in [1.82, 2.24) is 5.32 Å². The SMILES string of the molecule is CC=CCS(=O)(=O)C(C)C(=O)NC1CCCCC1C. The van der Waals surface area contributed by atoms with Crippen molar-refractivity contribution in [2.75, 3.05) is 5.75 Å². The first-order chi connectivity index (χ1) is 8.88. The quantitative estimate of drug-likeness (QED) is 0.787. The zero-order chi connectivity index (χ0) is 14.5. The van der Waals surface area contributed by atoms with E-state index in [0.717, 1.165) is 19.3 Å². The zero-order valence-corrected chi connectivity index (χ0v) is 12.9. The summed E-state index contributed by atoms with van der Waals surface area (Å²) in [5.74, 6) is 0.00424. The third-order valence-electron chi connectivity index (χ3n) is 3.91. The number of hydrogen-bond acceptors (Lipinski definition) is 3. The molecule has 0 heterocycles. The molecule has 0 spiro atoms. The molecule has 0 bridgehead atoms. The van der Waals surface area contributed by atoms with Crippen LogP contribution in [0.15, 0.2) is 12.2 Å². The number of sulfone groups is 1. The van der Waals surface area contributed by atoms with Crippen molar-refractivity contribution in [1.29, 1.82) is 0 Å². The van der Waals surface area contributed by atoms with Crippen LogP contribution in [0.25, 0.3) is 0 Å². The standard InChI is InChI=1S/C14H25NO3S/c1-4-5-10-19(17,18)12(3)14(16)15-13-9-7-6-8-11(13)2/h4-5,11-13H,6-10H2,1-3H3,(H,15,16). The van der Waals surface area contributed by atoms with Gasteiger partial charge in [0.05, 0.1) is 5.75 Å². The Morgan fingerprint density at radius 2 is 2.00 bits per heavy atom. The fourth-order valence-corrected chi connectivity index (χ4v) is 3.51. The second-order valence-electron chi connectivity index (χ2n) is 5.42.